The van der Waals surface area contributed by atoms with Gasteiger partial charge in [0, 0.05) is 24.0 Å². The number of hydrogen-bond donors (Lipinski definition) is 0. The van der Waals surface area contributed by atoms with Crippen molar-refractivity contribution < 1.29 is 4.79 Å². The number of rotatable bonds is 5. The van der Waals surface area contributed by atoms with Crippen molar-refractivity contribution in [2.75, 3.05) is 13.6 Å². The van der Waals surface area contributed by atoms with Crippen molar-refractivity contribution in [2.24, 2.45) is 0 Å². The van der Waals surface area contributed by atoms with E-state index >= 15 is 0 Å². The van der Waals surface area contributed by atoms with Crippen molar-refractivity contribution in [3.8, 4) is 5.69 Å². The van der Waals surface area contributed by atoms with Gasteiger partial charge >= 0.3 is 0 Å². The van der Waals surface area contributed by atoms with E-state index in [1.54, 1.807) is 60.5 Å². The Morgan fingerprint density at radius 2 is 1.77 bits per heavy atom. The van der Waals surface area contributed by atoms with Gasteiger partial charge in [0.25, 0.3) is 11.5 Å². The normalized spacial score (nSPS) is 10.9. The molecule has 0 bridgehead atoms. The average molecular weight is 370 g/mol. The second kappa shape index (κ2) is 7.70. The lowest BCUT2D eigenvalue weighted by Gasteiger charge is -2.18. The van der Waals surface area contributed by atoms with Crippen molar-refractivity contribution in [1.29, 1.82) is 0 Å². The third kappa shape index (κ3) is 3.48. The van der Waals surface area contributed by atoms with Gasteiger partial charge in [0.05, 0.1) is 11.1 Å². The summed E-state index contributed by atoms with van der Waals surface area (Å²) in [5, 5.41) is 6.00. The minimum Gasteiger partial charge on any atom is -0.340 e. The summed E-state index contributed by atoms with van der Waals surface area (Å²) in [5.74, 6) is -0.197. The molecule has 0 aliphatic heterocycles. The van der Waals surface area contributed by atoms with Gasteiger partial charge in [-0.3, -0.25) is 9.59 Å². The standard InChI is InChI=1S/C20H20ClN3O2/c1-3-4-13-23(2)20(26)18-16-7-5-6-8-17(16)19(25)24(22-18)15-11-9-14(21)10-12-15/h5-12H,3-4,13H2,1-2H3. The number of benzene rings is 2. The highest BCUT2D eigenvalue weighted by Gasteiger charge is 2.20. The van der Waals surface area contributed by atoms with Crippen molar-refractivity contribution in [3.63, 3.8) is 0 Å². The van der Waals surface area contributed by atoms with Gasteiger partial charge in [-0.15, -0.1) is 0 Å². The summed E-state index contributed by atoms with van der Waals surface area (Å²) in [7, 11) is 1.76. The van der Waals surface area contributed by atoms with Gasteiger partial charge in [0.15, 0.2) is 5.69 Å². The van der Waals surface area contributed by atoms with Crippen LogP contribution in [0.15, 0.2) is 53.3 Å². The number of fused-ring (bicyclic) bond motifs is 1. The third-order valence-electron chi connectivity index (χ3n) is 4.27. The lowest BCUT2D eigenvalue weighted by molar-refractivity contribution is 0.0788. The van der Waals surface area contributed by atoms with E-state index in [-0.39, 0.29) is 17.2 Å². The lowest BCUT2D eigenvalue weighted by atomic mass is 10.1. The molecule has 3 aromatic rings. The van der Waals surface area contributed by atoms with Crippen LogP contribution in [-0.4, -0.2) is 34.2 Å². The fourth-order valence-electron chi connectivity index (χ4n) is 2.78. The Morgan fingerprint density at radius 3 is 2.42 bits per heavy atom. The van der Waals surface area contributed by atoms with Crippen LogP contribution in [0.5, 0.6) is 0 Å². The zero-order valence-electron chi connectivity index (χ0n) is 14.8. The van der Waals surface area contributed by atoms with Crippen molar-refractivity contribution in [3.05, 3.63) is 69.6 Å². The largest absolute Gasteiger partial charge is 0.340 e. The van der Waals surface area contributed by atoms with Gasteiger partial charge < -0.3 is 4.90 Å². The maximum Gasteiger partial charge on any atom is 0.279 e. The van der Waals surface area contributed by atoms with E-state index in [2.05, 4.69) is 12.0 Å². The van der Waals surface area contributed by atoms with Gasteiger partial charge in [-0.05, 0) is 36.8 Å². The Hall–Kier alpha value is -2.66. The molecule has 0 saturated carbocycles. The van der Waals surface area contributed by atoms with E-state index < -0.39 is 0 Å². The van der Waals surface area contributed by atoms with Crippen LogP contribution in [0.25, 0.3) is 16.5 Å². The predicted octanol–water partition coefficient (Wildman–Crippen LogP) is 3.91. The van der Waals surface area contributed by atoms with E-state index in [4.69, 9.17) is 11.6 Å². The smallest absolute Gasteiger partial charge is 0.279 e. The van der Waals surface area contributed by atoms with E-state index in [0.717, 1.165) is 12.8 Å². The van der Waals surface area contributed by atoms with Crippen molar-refractivity contribution in [1.82, 2.24) is 14.7 Å². The Morgan fingerprint density at radius 1 is 1.12 bits per heavy atom. The highest BCUT2D eigenvalue weighted by Crippen LogP contribution is 2.18. The lowest BCUT2D eigenvalue weighted by Crippen LogP contribution is -2.32. The van der Waals surface area contributed by atoms with Crippen LogP contribution in [0.2, 0.25) is 5.02 Å². The van der Waals surface area contributed by atoms with Gasteiger partial charge in [-0.25, -0.2) is 0 Å². The van der Waals surface area contributed by atoms with Gasteiger partial charge in [0.2, 0.25) is 0 Å². The van der Waals surface area contributed by atoms with E-state index in [1.807, 2.05) is 0 Å². The molecule has 0 atom stereocenters. The summed E-state index contributed by atoms with van der Waals surface area (Å²) in [6.07, 6.45) is 1.91. The molecule has 6 heteroatoms. The molecular weight excluding hydrogens is 350 g/mol. The molecule has 0 saturated heterocycles. The molecule has 1 amide bonds. The molecule has 0 N–H and O–H groups in total. The molecule has 0 aliphatic carbocycles. The first kappa shape index (κ1) is 18.1. The first-order valence-electron chi connectivity index (χ1n) is 8.56. The third-order valence-corrected chi connectivity index (χ3v) is 4.52. The monoisotopic (exact) mass is 369 g/mol. The van der Waals surface area contributed by atoms with E-state index in [1.165, 1.54) is 4.68 Å². The molecule has 134 valence electrons. The molecule has 1 heterocycles. The maximum atomic E-state index is 12.9. The van der Waals surface area contributed by atoms with Crippen LogP contribution in [0.1, 0.15) is 30.3 Å². The van der Waals surface area contributed by atoms with Crippen molar-refractivity contribution >= 4 is 28.3 Å². The maximum absolute atomic E-state index is 12.9. The predicted molar refractivity (Wildman–Crippen MR) is 104 cm³/mol. The minimum atomic E-state index is -0.268. The fraction of sp³-hybridized carbons (Fsp3) is 0.250. The zero-order chi connectivity index (χ0) is 18.7. The Balaban J connectivity index is 2.19. The van der Waals surface area contributed by atoms with Crippen LogP contribution in [-0.2, 0) is 0 Å². The molecule has 3 rings (SSSR count). The number of unbranched alkanes of at least 4 members (excludes halogenated alkanes) is 1. The Labute approximate surface area is 156 Å². The van der Waals surface area contributed by atoms with Crippen LogP contribution < -0.4 is 5.56 Å². The number of carbonyl (C=O) groups excluding carboxylic acids is 1. The number of halogens is 1. The van der Waals surface area contributed by atoms with E-state index in [0.29, 0.717) is 28.0 Å². The molecule has 2 aromatic carbocycles. The summed E-state index contributed by atoms with van der Waals surface area (Å²) < 4.78 is 1.26. The quantitative estimate of drug-likeness (QED) is 0.685. The summed E-state index contributed by atoms with van der Waals surface area (Å²) >= 11 is 5.94. The second-order valence-corrected chi connectivity index (χ2v) is 6.60. The minimum absolute atomic E-state index is 0.197. The topological polar surface area (TPSA) is 55.2 Å². The highest BCUT2D eigenvalue weighted by atomic mass is 35.5. The number of aromatic nitrogens is 2. The average Bonchev–Trinajstić information content (AvgIpc) is 2.67. The van der Waals surface area contributed by atoms with Crippen LogP contribution in [0.3, 0.4) is 0 Å². The Kier molecular flexibility index (Phi) is 5.38. The fourth-order valence-corrected chi connectivity index (χ4v) is 2.91. The molecule has 0 spiro atoms. The van der Waals surface area contributed by atoms with Gasteiger partial charge in [0.1, 0.15) is 0 Å². The molecule has 0 fully saturated rings. The molecular formula is C20H20ClN3O2. The number of nitrogens with zero attached hydrogens (tertiary/aromatic N) is 3. The molecule has 5 nitrogen and oxygen atoms in total. The molecule has 0 radical (unpaired) electrons. The summed E-state index contributed by atoms with van der Waals surface area (Å²) in [6, 6.07) is 13.9. The SMILES string of the molecule is CCCCN(C)C(=O)c1nn(-c2ccc(Cl)cc2)c(=O)c2ccccc12. The molecule has 0 unspecified atom stereocenters. The number of hydrogen-bond acceptors (Lipinski definition) is 3. The number of amides is 1. The molecule has 1 aromatic heterocycles. The highest BCUT2D eigenvalue weighted by molar-refractivity contribution is 6.30. The summed E-state index contributed by atoms with van der Waals surface area (Å²) in [6.45, 7) is 2.72. The molecule has 26 heavy (non-hydrogen) atoms. The molecule has 0 aliphatic rings. The van der Waals surface area contributed by atoms with Crippen LogP contribution >= 0.6 is 11.6 Å². The van der Waals surface area contributed by atoms with Crippen molar-refractivity contribution in [2.45, 2.75) is 19.8 Å². The first-order chi connectivity index (χ1) is 12.5. The zero-order valence-corrected chi connectivity index (χ0v) is 15.5. The van der Waals surface area contributed by atoms with Crippen LogP contribution in [0, 0.1) is 0 Å². The van der Waals surface area contributed by atoms with Crippen LogP contribution in [0.4, 0.5) is 0 Å². The van der Waals surface area contributed by atoms with E-state index in [9.17, 15) is 9.59 Å². The second-order valence-electron chi connectivity index (χ2n) is 6.17. The summed E-state index contributed by atoms with van der Waals surface area (Å²) in [5.41, 5.74) is 0.569. The first-order valence-corrected chi connectivity index (χ1v) is 8.94. The Bertz CT molecular complexity index is 996. The van der Waals surface area contributed by atoms with Gasteiger partial charge in [-0.1, -0.05) is 43.1 Å². The summed E-state index contributed by atoms with van der Waals surface area (Å²) in [4.78, 5) is 27.5. The van der Waals surface area contributed by atoms with Gasteiger partial charge in [-0.2, -0.15) is 9.78 Å². The number of carbonyl (C=O) groups is 1.